The first-order chi connectivity index (χ1) is 6.32. The number of carboxylic acids is 1. The summed E-state index contributed by atoms with van der Waals surface area (Å²) in [5, 5.41) is 8.37. The molecule has 0 aliphatic carbocycles. The number of hydrogen-bond acceptors (Lipinski definition) is 4. The van der Waals surface area contributed by atoms with E-state index in [0.29, 0.717) is 0 Å². The molecule has 1 unspecified atom stereocenters. The van der Waals surface area contributed by atoms with Gasteiger partial charge in [-0.2, -0.15) is 0 Å². The Morgan fingerprint density at radius 1 is 1.50 bits per heavy atom. The molecule has 5 nitrogen and oxygen atoms in total. The van der Waals surface area contributed by atoms with Crippen molar-refractivity contribution in [3.8, 4) is 0 Å². The van der Waals surface area contributed by atoms with Gasteiger partial charge in [0.25, 0.3) is 5.78 Å². The Bertz CT molecular complexity index is 302. The largest absolute Gasteiger partial charge is 0.475 e. The number of ether oxygens (including phenoxy) is 2. The first-order valence-corrected chi connectivity index (χ1v) is 4.17. The fourth-order valence-electron chi connectivity index (χ4n) is 1.21. The molecule has 1 heterocycles. The van der Waals surface area contributed by atoms with Crippen LogP contribution in [0.15, 0.2) is 11.8 Å². The van der Waals surface area contributed by atoms with Gasteiger partial charge in [-0.05, 0) is 6.92 Å². The Morgan fingerprint density at radius 3 is 2.43 bits per heavy atom. The van der Waals surface area contributed by atoms with Crippen LogP contribution in [-0.2, 0) is 19.1 Å². The summed E-state index contributed by atoms with van der Waals surface area (Å²) < 4.78 is 10.5. The van der Waals surface area contributed by atoms with Gasteiger partial charge in [0.05, 0.1) is 0 Å². The summed E-state index contributed by atoms with van der Waals surface area (Å²) in [6, 6.07) is 0. The van der Waals surface area contributed by atoms with E-state index in [1.165, 1.54) is 0 Å². The highest BCUT2D eigenvalue weighted by Crippen LogP contribution is 2.30. The van der Waals surface area contributed by atoms with E-state index in [1.807, 2.05) is 0 Å². The lowest BCUT2D eigenvalue weighted by atomic mass is 10.2. The van der Waals surface area contributed by atoms with E-state index in [2.05, 4.69) is 0 Å². The number of rotatable bonds is 2. The summed E-state index contributed by atoms with van der Waals surface area (Å²) in [5.41, 5.74) is 0. The average molecular weight is 200 g/mol. The standard InChI is InChI=1S/C9H12O5/c1-5-7(4-6(10)8(11)12)14-9(2,3)13-5/h4-5H,1-3H3,(H,11,12)/b7-4+. The molecular formula is C9H12O5. The minimum atomic E-state index is -1.50. The Morgan fingerprint density at radius 2 is 2.07 bits per heavy atom. The number of ketones is 1. The Hall–Kier alpha value is -1.36. The smallest absolute Gasteiger partial charge is 0.376 e. The fourth-order valence-corrected chi connectivity index (χ4v) is 1.21. The van der Waals surface area contributed by atoms with Crippen LogP contribution in [0.4, 0.5) is 0 Å². The summed E-state index contributed by atoms with van der Waals surface area (Å²) in [5.74, 6) is -3.06. The van der Waals surface area contributed by atoms with Gasteiger partial charge < -0.3 is 14.6 Å². The number of carbonyl (C=O) groups is 2. The number of carboxylic acid groups (broad SMARTS) is 1. The molecule has 14 heavy (non-hydrogen) atoms. The van der Waals surface area contributed by atoms with E-state index in [9.17, 15) is 9.59 Å². The predicted octanol–water partition coefficient (Wildman–Crippen LogP) is 0.695. The lowest BCUT2D eigenvalue weighted by Crippen LogP contribution is -2.20. The minimum absolute atomic E-state index is 0.252. The van der Waals surface area contributed by atoms with Crippen LogP contribution >= 0.6 is 0 Å². The molecule has 0 amide bonds. The predicted molar refractivity (Wildman–Crippen MR) is 46.4 cm³/mol. The maximum Gasteiger partial charge on any atom is 0.376 e. The first kappa shape index (κ1) is 10.7. The van der Waals surface area contributed by atoms with Crippen LogP contribution in [0.5, 0.6) is 0 Å². The van der Waals surface area contributed by atoms with Crippen LogP contribution in [0.25, 0.3) is 0 Å². The molecule has 1 fully saturated rings. The van der Waals surface area contributed by atoms with Crippen molar-refractivity contribution in [3.05, 3.63) is 11.8 Å². The van der Waals surface area contributed by atoms with E-state index in [4.69, 9.17) is 14.6 Å². The Balaban J connectivity index is 2.80. The van der Waals surface area contributed by atoms with Gasteiger partial charge >= 0.3 is 5.97 Å². The van der Waals surface area contributed by atoms with E-state index < -0.39 is 23.6 Å². The van der Waals surface area contributed by atoms with Gasteiger partial charge in [-0.25, -0.2) is 4.79 Å². The fraction of sp³-hybridized carbons (Fsp3) is 0.556. The number of carbonyl (C=O) groups excluding carboxylic acids is 1. The van der Waals surface area contributed by atoms with Gasteiger partial charge in [-0.3, -0.25) is 4.79 Å². The van der Waals surface area contributed by atoms with Crippen LogP contribution < -0.4 is 0 Å². The van der Waals surface area contributed by atoms with Gasteiger partial charge in [0, 0.05) is 19.9 Å². The van der Waals surface area contributed by atoms with Gasteiger partial charge in [0.1, 0.15) is 11.9 Å². The van der Waals surface area contributed by atoms with Gasteiger partial charge in [-0.15, -0.1) is 0 Å². The van der Waals surface area contributed by atoms with Gasteiger partial charge in [-0.1, -0.05) is 0 Å². The zero-order valence-electron chi connectivity index (χ0n) is 8.23. The lowest BCUT2D eigenvalue weighted by Gasteiger charge is -2.15. The number of aliphatic carboxylic acids is 1. The molecule has 0 bridgehead atoms. The second kappa shape index (κ2) is 3.42. The zero-order chi connectivity index (χ0) is 10.9. The van der Waals surface area contributed by atoms with Crippen molar-refractivity contribution in [2.45, 2.75) is 32.7 Å². The van der Waals surface area contributed by atoms with Gasteiger partial charge in [0.15, 0.2) is 0 Å². The summed E-state index contributed by atoms with van der Waals surface area (Å²) >= 11 is 0. The molecule has 1 aliphatic rings. The molecule has 1 rings (SSSR count). The first-order valence-electron chi connectivity index (χ1n) is 4.17. The SMILES string of the molecule is CC1OC(C)(C)O/C1=C/C(=O)C(=O)O. The molecule has 0 aromatic rings. The summed E-state index contributed by atoms with van der Waals surface area (Å²) in [6.45, 7) is 5.07. The van der Waals surface area contributed by atoms with Crippen molar-refractivity contribution in [1.82, 2.24) is 0 Å². The van der Waals surface area contributed by atoms with Crippen LogP contribution in [-0.4, -0.2) is 28.8 Å². The van der Waals surface area contributed by atoms with Crippen LogP contribution in [0.2, 0.25) is 0 Å². The number of hydrogen-bond donors (Lipinski definition) is 1. The second-order valence-corrected chi connectivity index (χ2v) is 3.48. The molecule has 0 aromatic heterocycles. The van der Waals surface area contributed by atoms with Gasteiger partial charge in [0.2, 0.25) is 5.79 Å². The topological polar surface area (TPSA) is 72.8 Å². The van der Waals surface area contributed by atoms with E-state index in [-0.39, 0.29) is 5.76 Å². The highest BCUT2D eigenvalue weighted by atomic mass is 16.7. The van der Waals surface area contributed by atoms with E-state index in [1.54, 1.807) is 20.8 Å². The third-order valence-electron chi connectivity index (χ3n) is 1.71. The van der Waals surface area contributed by atoms with Crippen molar-refractivity contribution < 1.29 is 24.2 Å². The van der Waals surface area contributed by atoms with Crippen LogP contribution in [0.1, 0.15) is 20.8 Å². The molecule has 0 aromatic carbocycles. The summed E-state index contributed by atoms with van der Waals surface area (Å²) in [4.78, 5) is 21.1. The van der Waals surface area contributed by atoms with E-state index in [0.717, 1.165) is 6.08 Å². The van der Waals surface area contributed by atoms with Crippen LogP contribution in [0, 0.1) is 0 Å². The molecule has 0 radical (unpaired) electrons. The Labute approximate surface area is 81.3 Å². The highest BCUT2D eigenvalue weighted by molar-refractivity contribution is 6.37. The maximum absolute atomic E-state index is 10.8. The average Bonchev–Trinajstić information content (AvgIpc) is 2.24. The third-order valence-corrected chi connectivity index (χ3v) is 1.71. The minimum Gasteiger partial charge on any atom is -0.475 e. The second-order valence-electron chi connectivity index (χ2n) is 3.48. The van der Waals surface area contributed by atoms with Crippen molar-refractivity contribution in [3.63, 3.8) is 0 Å². The van der Waals surface area contributed by atoms with Crippen molar-refractivity contribution in [2.24, 2.45) is 0 Å². The molecule has 0 saturated carbocycles. The highest BCUT2D eigenvalue weighted by Gasteiger charge is 2.35. The lowest BCUT2D eigenvalue weighted by molar-refractivity contribution is -0.147. The zero-order valence-corrected chi connectivity index (χ0v) is 8.23. The molecule has 0 spiro atoms. The monoisotopic (exact) mass is 200 g/mol. The Kier molecular flexibility index (Phi) is 2.62. The molecule has 78 valence electrons. The molecule has 5 heteroatoms. The summed E-state index contributed by atoms with van der Waals surface area (Å²) in [6.07, 6.45) is 0.551. The van der Waals surface area contributed by atoms with Crippen molar-refractivity contribution in [2.75, 3.05) is 0 Å². The molecule has 1 aliphatic heterocycles. The quantitative estimate of drug-likeness (QED) is 0.524. The van der Waals surface area contributed by atoms with Crippen molar-refractivity contribution in [1.29, 1.82) is 0 Å². The molecule has 1 N–H and O–H groups in total. The molecular weight excluding hydrogens is 188 g/mol. The maximum atomic E-state index is 10.8. The molecule has 1 atom stereocenters. The van der Waals surface area contributed by atoms with Crippen LogP contribution in [0.3, 0.4) is 0 Å². The van der Waals surface area contributed by atoms with E-state index >= 15 is 0 Å². The third kappa shape index (κ3) is 2.32. The molecule has 1 saturated heterocycles. The summed E-state index contributed by atoms with van der Waals surface area (Å²) in [7, 11) is 0. The van der Waals surface area contributed by atoms with Crippen molar-refractivity contribution >= 4 is 11.8 Å². The normalized spacial score (nSPS) is 27.4.